The molecule has 2 aromatic carbocycles. The van der Waals surface area contributed by atoms with Crippen molar-refractivity contribution in [2.75, 3.05) is 44.1 Å². The van der Waals surface area contributed by atoms with Crippen LogP contribution in [-0.4, -0.2) is 45.8 Å². The Morgan fingerprint density at radius 1 is 1.03 bits per heavy atom. The summed E-state index contributed by atoms with van der Waals surface area (Å²) >= 11 is 0. The quantitative estimate of drug-likeness (QED) is 0.530. The monoisotopic (exact) mass is 410 g/mol. The third-order valence-corrected chi connectivity index (χ3v) is 4.78. The summed E-state index contributed by atoms with van der Waals surface area (Å²) in [7, 11) is 2.83. The zero-order valence-corrected chi connectivity index (χ0v) is 17.2. The summed E-state index contributed by atoms with van der Waals surface area (Å²) in [4.78, 5) is 25.8. The van der Waals surface area contributed by atoms with E-state index in [2.05, 4.69) is 15.0 Å². The second kappa shape index (κ2) is 10.3. The zero-order chi connectivity index (χ0) is 21.3. The first-order valence-corrected chi connectivity index (χ1v) is 9.81. The summed E-state index contributed by atoms with van der Waals surface area (Å²) in [6.45, 7) is 2.01. The molecule has 158 valence electrons. The fraction of sp³-hybridized carbons (Fsp3) is 0.304. The van der Waals surface area contributed by atoms with Crippen LogP contribution in [0.1, 0.15) is 18.4 Å². The van der Waals surface area contributed by atoms with Crippen molar-refractivity contribution < 1.29 is 23.8 Å². The number of carbonyl (C=O) groups is 2. The van der Waals surface area contributed by atoms with Crippen LogP contribution >= 0.6 is 0 Å². The molecule has 0 saturated carbocycles. The van der Waals surface area contributed by atoms with Gasteiger partial charge in [0.05, 0.1) is 14.2 Å². The van der Waals surface area contributed by atoms with Gasteiger partial charge in [-0.15, -0.1) is 0 Å². The van der Waals surface area contributed by atoms with Crippen LogP contribution in [0.2, 0.25) is 0 Å². The summed E-state index contributed by atoms with van der Waals surface area (Å²) in [6, 6.07) is 13.0. The minimum absolute atomic E-state index is 0.151. The molecule has 1 aliphatic rings. The van der Waals surface area contributed by atoms with Crippen LogP contribution < -0.4 is 19.7 Å². The molecule has 30 heavy (non-hydrogen) atoms. The summed E-state index contributed by atoms with van der Waals surface area (Å²) in [5.74, 6) is 0.192. The van der Waals surface area contributed by atoms with Crippen molar-refractivity contribution in [2.24, 2.45) is 0 Å². The van der Waals surface area contributed by atoms with Gasteiger partial charge < -0.3 is 24.4 Å². The van der Waals surface area contributed by atoms with Gasteiger partial charge in [-0.05, 0) is 60.9 Å². The fourth-order valence-corrected chi connectivity index (χ4v) is 3.21. The lowest BCUT2D eigenvalue weighted by Crippen LogP contribution is -2.20. The molecule has 1 fully saturated rings. The number of anilines is 2. The molecule has 1 N–H and O–H groups in total. The summed E-state index contributed by atoms with van der Waals surface area (Å²) < 4.78 is 15.5. The van der Waals surface area contributed by atoms with E-state index in [-0.39, 0.29) is 12.5 Å². The highest BCUT2D eigenvalue weighted by Gasteiger charge is 2.13. The lowest BCUT2D eigenvalue weighted by atomic mass is 10.2. The highest BCUT2D eigenvalue weighted by Crippen LogP contribution is 2.28. The highest BCUT2D eigenvalue weighted by molar-refractivity contribution is 5.92. The first kappa shape index (κ1) is 21.2. The van der Waals surface area contributed by atoms with Crippen LogP contribution in [0.15, 0.2) is 48.5 Å². The van der Waals surface area contributed by atoms with Crippen LogP contribution in [0.5, 0.6) is 11.5 Å². The number of esters is 1. The molecule has 0 radical (unpaired) electrons. The lowest BCUT2D eigenvalue weighted by Gasteiger charge is -2.17. The average molecular weight is 410 g/mol. The maximum absolute atomic E-state index is 12.3. The van der Waals surface area contributed by atoms with Crippen molar-refractivity contribution in [3.63, 3.8) is 0 Å². The van der Waals surface area contributed by atoms with Crippen LogP contribution in [0.4, 0.5) is 11.4 Å². The van der Waals surface area contributed by atoms with Crippen LogP contribution in [0.3, 0.4) is 0 Å². The van der Waals surface area contributed by atoms with Gasteiger partial charge >= 0.3 is 5.97 Å². The Labute approximate surface area is 176 Å². The minimum Gasteiger partial charge on any atom is -0.493 e. The molecule has 3 rings (SSSR count). The Bertz CT molecular complexity index is 902. The number of hydrogen-bond donors (Lipinski definition) is 1. The second-order valence-corrected chi connectivity index (χ2v) is 6.84. The zero-order valence-electron chi connectivity index (χ0n) is 17.2. The average Bonchev–Trinajstić information content (AvgIpc) is 3.31. The summed E-state index contributed by atoms with van der Waals surface area (Å²) in [5.41, 5.74) is 2.64. The van der Waals surface area contributed by atoms with E-state index in [1.54, 1.807) is 24.3 Å². The van der Waals surface area contributed by atoms with Crippen molar-refractivity contribution in [2.45, 2.75) is 12.8 Å². The molecule has 1 aliphatic heterocycles. The smallest absolute Gasteiger partial charge is 0.330 e. The van der Waals surface area contributed by atoms with Crippen molar-refractivity contribution in [3.05, 3.63) is 54.1 Å². The number of carbonyl (C=O) groups excluding carboxylic acids is 2. The predicted octanol–water partition coefficient (Wildman–Crippen LogP) is 3.50. The molecule has 7 heteroatoms. The molecule has 2 aromatic rings. The standard InChI is InChI=1S/C23H26N2O5/c1-28-21-15-17(6-12-23(27)29-2)5-11-20(21)30-16-22(26)24-18-7-9-19(10-8-18)25-13-3-4-14-25/h5-12,15H,3-4,13-14,16H2,1-2H3,(H,24,26)/b12-6+. The molecular weight excluding hydrogens is 384 g/mol. The van der Waals surface area contributed by atoms with Gasteiger partial charge in [-0.1, -0.05) is 6.07 Å². The van der Waals surface area contributed by atoms with Crippen LogP contribution in [0.25, 0.3) is 6.08 Å². The molecule has 0 spiro atoms. The number of benzene rings is 2. The number of methoxy groups -OCH3 is 2. The lowest BCUT2D eigenvalue weighted by molar-refractivity contribution is -0.134. The number of ether oxygens (including phenoxy) is 3. The summed E-state index contributed by atoms with van der Waals surface area (Å²) in [6.07, 6.45) is 5.37. The molecule has 1 amide bonds. The second-order valence-electron chi connectivity index (χ2n) is 6.84. The van der Waals surface area contributed by atoms with Gasteiger partial charge in [0.1, 0.15) is 0 Å². The van der Waals surface area contributed by atoms with Crippen molar-refractivity contribution in [1.82, 2.24) is 0 Å². The number of amides is 1. The first-order valence-electron chi connectivity index (χ1n) is 9.81. The van der Waals surface area contributed by atoms with E-state index < -0.39 is 5.97 Å². The van der Waals surface area contributed by atoms with Gasteiger partial charge in [-0.3, -0.25) is 4.79 Å². The molecule has 0 atom stereocenters. The third kappa shape index (κ3) is 5.76. The van der Waals surface area contributed by atoms with Crippen LogP contribution in [0, 0.1) is 0 Å². The molecule has 1 heterocycles. The number of nitrogens with zero attached hydrogens (tertiary/aromatic N) is 1. The molecule has 0 unspecified atom stereocenters. The van der Waals surface area contributed by atoms with Gasteiger partial charge in [0.2, 0.25) is 0 Å². The van der Waals surface area contributed by atoms with Crippen molar-refractivity contribution >= 4 is 29.3 Å². The Kier molecular flexibility index (Phi) is 7.32. The number of rotatable bonds is 8. The van der Waals surface area contributed by atoms with Gasteiger partial charge in [0.25, 0.3) is 5.91 Å². The molecular formula is C23H26N2O5. The van der Waals surface area contributed by atoms with E-state index in [1.165, 1.54) is 38.8 Å². The predicted molar refractivity (Wildman–Crippen MR) is 116 cm³/mol. The van der Waals surface area contributed by atoms with E-state index in [4.69, 9.17) is 9.47 Å². The molecule has 0 bridgehead atoms. The van der Waals surface area contributed by atoms with E-state index in [0.717, 1.165) is 24.3 Å². The Morgan fingerprint density at radius 2 is 1.77 bits per heavy atom. The molecule has 7 nitrogen and oxygen atoms in total. The SMILES string of the molecule is COC(=O)/C=C/c1ccc(OCC(=O)Nc2ccc(N3CCCC3)cc2)c(OC)c1. The van der Waals surface area contributed by atoms with Crippen LogP contribution in [-0.2, 0) is 14.3 Å². The van der Waals surface area contributed by atoms with E-state index in [1.807, 2.05) is 24.3 Å². The largest absolute Gasteiger partial charge is 0.493 e. The van der Waals surface area contributed by atoms with Gasteiger partial charge in [0, 0.05) is 30.5 Å². The first-order chi connectivity index (χ1) is 14.6. The number of nitrogens with one attached hydrogen (secondary N) is 1. The number of hydrogen-bond acceptors (Lipinski definition) is 6. The minimum atomic E-state index is -0.445. The fourth-order valence-electron chi connectivity index (χ4n) is 3.21. The maximum Gasteiger partial charge on any atom is 0.330 e. The van der Waals surface area contributed by atoms with E-state index in [9.17, 15) is 9.59 Å². The summed E-state index contributed by atoms with van der Waals surface area (Å²) in [5, 5.41) is 2.83. The highest BCUT2D eigenvalue weighted by atomic mass is 16.5. The topological polar surface area (TPSA) is 77.1 Å². The van der Waals surface area contributed by atoms with E-state index in [0.29, 0.717) is 11.5 Å². The third-order valence-electron chi connectivity index (χ3n) is 4.78. The van der Waals surface area contributed by atoms with Gasteiger partial charge in [-0.2, -0.15) is 0 Å². The van der Waals surface area contributed by atoms with Gasteiger partial charge in [0.15, 0.2) is 18.1 Å². The maximum atomic E-state index is 12.3. The Morgan fingerprint density at radius 3 is 2.43 bits per heavy atom. The molecule has 0 aromatic heterocycles. The Balaban J connectivity index is 1.54. The Hall–Kier alpha value is -3.48. The van der Waals surface area contributed by atoms with Gasteiger partial charge in [-0.25, -0.2) is 4.79 Å². The van der Waals surface area contributed by atoms with E-state index >= 15 is 0 Å². The van der Waals surface area contributed by atoms with Crippen molar-refractivity contribution in [1.29, 1.82) is 0 Å². The molecule has 0 aliphatic carbocycles. The van der Waals surface area contributed by atoms with Crippen molar-refractivity contribution in [3.8, 4) is 11.5 Å². The molecule has 1 saturated heterocycles. The normalized spacial score (nSPS) is 13.3.